The van der Waals surface area contributed by atoms with Crippen LogP contribution in [-0.2, 0) is 6.42 Å². The van der Waals surface area contributed by atoms with E-state index in [-0.39, 0.29) is 0 Å². The second-order valence-corrected chi connectivity index (χ2v) is 2.65. The Morgan fingerprint density at radius 3 is 3.00 bits per heavy atom. The van der Waals surface area contributed by atoms with Crippen LogP contribution in [0.15, 0.2) is 22.6 Å². The predicted molar refractivity (Wildman–Crippen MR) is 47.5 cm³/mol. The zero-order valence-electron chi connectivity index (χ0n) is 6.67. The van der Waals surface area contributed by atoms with E-state index in [9.17, 15) is 0 Å². The van der Waals surface area contributed by atoms with Crippen molar-refractivity contribution in [3.8, 4) is 6.07 Å². The van der Waals surface area contributed by atoms with Crippen molar-refractivity contribution < 1.29 is 4.42 Å². The summed E-state index contributed by atoms with van der Waals surface area (Å²) in [6.45, 7) is 1.99. The van der Waals surface area contributed by atoms with Crippen molar-refractivity contribution in [2.24, 2.45) is 0 Å². The Kier molecular flexibility index (Phi) is 2.95. The molecule has 0 N–H and O–H groups in total. The summed E-state index contributed by atoms with van der Waals surface area (Å²) in [5, 5.41) is 8.65. The summed E-state index contributed by atoms with van der Waals surface area (Å²) in [6.07, 6.45) is 2.08. The molecule has 0 amide bonds. The number of aryl methyl sites for hydroxylation is 1. The molecule has 0 saturated carbocycles. The first-order valence-electron chi connectivity index (χ1n) is 3.62. The van der Waals surface area contributed by atoms with E-state index in [1.807, 2.05) is 19.1 Å². The van der Waals surface area contributed by atoms with Gasteiger partial charge >= 0.3 is 0 Å². The summed E-state index contributed by atoms with van der Waals surface area (Å²) >= 11 is 5.72. The minimum atomic E-state index is 0.345. The summed E-state index contributed by atoms with van der Waals surface area (Å²) in [5.41, 5.74) is 0. The lowest BCUT2D eigenvalue weighted by Gasteiger charge is -1.89. The Morgan fingerprint density at radius 1 is 1.75 bits per heavy atom. The molecule has 0 aromatic carbocycles. The molecule has 3 heteroatoms. The van der Waals surface area contributed by atoms with E-state index in [4.69, 9.17) is 21.3 Å². The summed E-state index contributed by atoms with van der Waals surface area (Å²) in [5.74, 6) is 1.42. The first-order valence-corrected chi connectivity index (χ1v) is 4.00. The van der Waals surface area contributed by atoms with Gasteiger partial charge in [0.1, 0.15) is 11.5 Å². The number of allylic oxidation sites excluding steroid dienone is 1. The Balaban J connectivity index is 2.90. The highest BCUT2D eigenvalue weighted by molar-refractivity contribution is 6.48. The third-order valence-corrected chi connectivity index (χ3v) is 1.73. The molecule has 62 valence electrons. The van der Waals surface area contributed by atoms with Crippen LogP contribution in [0, 0.1) is 11.3 Å². The molecule has 0 radical (unpaired) electrons. The molecular weight excluding hydrogens is 174 g/mol. The molecule has 0 fully saturated rings. The normalized spacial score (nSPS) is 11.2. The monoisotopic (exact) mass is 181 g/mol. The molecule has 0 aliphatic carbocycles. The van der Waals surface area contributed by atoms with Crippen LogP contribution in [0.3, 0.4) is 0 Å². The first-order chi connectivity index (χ1) is 5.77. The molecule has 0 atom stereocenters. The fourth-order valence-corrected chi connectivity index (χ4v) is 0.974. The number of hydrogen-bond acceptors (Lipinski definition) is 2. The Labute approximate surface area is 76.1 Å². The highest BCUT2D eigenvalue weighted by Gasteiger charge is 2.02. The summed E-state index contributed by atoms with van der Waals surface area (Å²) in [6, 6.07) is 5.45. The van der Waals surface area contributed by atoms with E-state index in [0.29, 0.717) is 10.8 Å². The zero-order valence-corrected chi connectivity index (χ0v) is 7.43. The summed E-state index contributed by atoms with van der Waals surface area (Å²) in [7, 11) is 0. The van der Waals surface area contributed by atoms with Crippen molar-refractivity contribution in [2.45, 2.75) is 13.3 Å². The Hall–Kier alpha value is -1.20. The maximum Gasteiger partial charge on any atom is 0.146 e. The number of rotatable bonds is 2. The Morgan fingerprint density at radius 2 is 2.50 bits per heavy atom. The molecule has 0 spiro atoms. The molecule has 0 saturated heterocycles. The van der Waals surface area contributed by atoms with Crippen LogP contribution in [0.5, 0.6) is 0 Å². The quantitative estimate of drug-likeness (QED) is 0.658. The number of hydrogen-bond donors (Lipinski definition) is 0. The topological polar surface area (TPSA) is 36.9 Å². The fourth-order valence-electron chi connectivity index (χ4n) is 0.824. The number of nitriles is 1. The molecule has 12 heavy (non-hydrogen) atoms. The summed E-state index contributed by atoms with van der Waals surface area (Å²) < 4.78 is 5.30. The maximum atomic E-state index is 8.31. The van der Waals surface area contributed by atoms with Crippen LogP contribution < -0.4 is 0 Å². The molecule has 1 aromatic heterocycles. The van der Waals surface area contributed by atoms with Crippen LogP contribution in [0.2, 0.25) is 0 Å². The van der Waals surface area contributed by atoms with Crippen molar-refractivity contribution in [3.63, 3.8) is 0 Å². The molecule has 0 bridgehead atoms. The molecule has 2 nitrogen and oxygen atoms in total. The number of furan rings is 1. The van der Waals surface area contributed by atoms with Gasteiger partial charge in [-0.15, -0.1) is 0 Å². The SMILES string of the molecule is CCc1ccc(C(Cl)=CC#N)o1. The van der Waals surface area contributed by atoms with E-state index in [2.05, 4.69) is 0 Å². The van der Waals surface area contributed by atoms with Crippen LogP contribution >= 0.6 is 11.6 Å². The fraction of sp³-hybridized carbons (Fsp3) is 0.222. The number of nitrogens with zero attached hydrogens (tertiary/aromatic N) is 1. The van der Waals surface area contributed by atoms with Crippen molar-refractivity contribution in [2.75, 3.05) is 0 Å². The molecule has 1 heterocycles. The van der Waals surface area contributed by atoms with Crippen molar-refractivity contribution in [1.29, 1.82) is 5.26 Å². The average molecular weight is 182 g/mol. The van der Waals surface area contributed by atoms with Crippen molar-refractivity contribution >= 4 is 16.6 Å². The highest BCUT2D eigenvalue weighted by Crippen LogP contribution is 2.21. The van der Waals surface area contributed by atoms with Gasteiger partial charge in [-0.2, -0.15) is 5.26 Å². The average Bonchev–Trinajstić information content (AvgIpc) is 2.52. The molecule has 0 aliphatic heterocycles. The molecule has 1 rings (SSSR count). The van der Waals surface area contributed by atoms with Gasteiger partial charge < -0.3 is 4.42 Å². The van der Waals surface area contributed by atoms with Gasteiger partial charge in [0, 0.05) is 12.5 Å². The summed E-state index contributed by atoms with van der Waals surface area (Å²) in [4.78, 5) is 0. The van der Waals surface area contributed by atoms with Crippen LogP contribution in [0.4, 0.5) is 0 Å². The van der Waals surface area contributed by atoms with Gasteiger partial charge in [0.15, 0.2) is 0 Å². The predicted octanol–water partition coefficient (Wildman–Crippen LogP) is 2.95. The van der Waals surface area contributed by atoms with Gasteiger partial charge in [-0.05, 0) is 12.1 Å². The molecule has 0 aliphatic rings. The van der Waals surface area contributed by atoms with Gasteiger partial charge in [-0.3, -0.25) is 0 Å². The third kappa shape index (κ3) is 1.90. The standard InChI is InChI=1S/C9H8ClNO/c1-2-7-3-4-9(12-7)8(10)5-6-11/h3-5H,2H2,1H3. The third-order valence-electron chi connectivity index (χ3n) is 1.44. The van der Waals surface area contributed by atoms with Crippen molar-refractivity contribution in [1.82, 2.24) is 0 Å². The molecule has 0 unspecified atom stereocenters. The molecule has 1 aromatic rings. The van der Waals surface area contributed by atoms with Gasteiger partial charge in [-0.25, -0.2) is 0 Å². The Bertz CT molecular complexity index is 333. The van der Waals surface area contributed by atoms with Crippen LogP contribution in [-0.4, -0.2) is 0 Å². The van der Waals surface area contributed by atoms with Gasteiger partial charge in [0.25, 0.3) is 0 Å². The zero-order chi connectivity index (χ0) is 8.97. The lowest BCUT2D eigenvalue weighted by molar-refractivity contribution is 0.506. The lowest BCUT2D eigenvalue weighted by Crippen LogP contribution is -1.71. The number of halogens is 1. The van der Waals surface area contributed by atoms with Gasteiger partial charge in [0.2, 0.25) is 0 Å². The molecular formula is C9H8ClNO. The second kappa shape index (κ2) is 3.99. The van der Waals surface area contributed by atoms with Crippen LogP contribution in [0.1, 0.15) is 18.4 Å². The minimum absolute atomic E-state index is 0.345. The van der Waals surface area contributed by atoms with E-state index >= 15 is 0 Å². The largest absolute Gasteiger partial charge is 0.460 e. The first kappa shape index (κ1) is 8.89. The van der Waals surface area contributed by atoms with E-state index < -0.39 is 0 Å². The lowest BCUT2D eigenvalue weighted by atomic mass is 10.3. The van der Waals surface area contributed by atoms with Gasteiger partial charge in [-0.1, -0.05) is 18.5 Å². The second-order valence-electron chi connectivity index (χ2n) is 2.24. The minimum Gasteiger partial charge on any atom is -0.460 e. The maximum absolute atomic E-state index is 8.31. The van der Waals surface area contributed by atoms with Crippen LogP contribution in [0.25, 0.3) is 5.03 Å². The van der Waals surface area contributed by atoms with E-state index in [1.165, 1.54) is 6.08 Å². The van der Waals surface area contributed by atoms with E-state index in [1.54, 1.807) is 6.07 Å². The highest BCUT2D eigenvalue weighted by atomic mass is 35.5. The van der Waals surface area contributed by atoms with Gasteiger partial charge in [0.05, 0.1) is 11.1 Å². The smallest absolute Gasteiger partial charge is 0.146 e. The van der Waals surface area contributed by atoms with E-state index in [0.717, 1.165) is 12.2 Å². The van der Waals surface area contributed by atoms with Crippen molar-refractivity contribution in [3.05, 3.63) is 29.7 Å².